The van der Waals surface area contributed by atoms with Crippen molar-refractivity contribution in [1.82, 2.24) is 14.1 Å². The Bertz CT molecular complexity index is 4270. The van der Waals surface area contributed by atoms with E-state index in [1.807, 2.05) is 12.3 Å². The molecule has 0 saturated carbocycles. The van der Waals surface area contributed by atoms with Gasteiger partial charge in [-0.2, -0.15) is 0 Å². The van der Waals surface area contributed by atoms with Gasteiger partial charge in [0.1, 0.15) is 0 Å². The van der Waals surface area contributed by atoms with Crippen molar-refractivity contribution in [3.05, 3.63) is 271 Å². The second kappa shape index (κ2) is 15.3. The Kier molecular flexibility index (Phi) is 8.50. The van der Waals surface area contributed by atoms with Crippen LogP contribution in [0.3, 0.4) is 0 Å². The molecule has 0 bridgehead atoms. The lowest BCUT2D eigenvalue weighted by atomic mass is 9.74. The molecule has 0 N–H and O–H groups in total. The van der Waals surface area contributed by atoms with E-state index in [2.05, 4.69) is 246 Å². The minimum Gasteiger partial charge on any atom is -0.309 e. The fourth-order valence-electron chi connectivity index (χ4n) is 13.4. The van der Waals surface area contributed by atoms with E-state index < -0.39 is 0 Å². The van der Waals surface area contributed by atoms with E-state index in [1.54, 1.807) is 0 Å². The molecule has 0 atom stereocenters. The molecule has 3 heterocycles. The highest BCUT2D eigenvalue weighted by molar-refractivity contribution is 6.13. The van der Waals surface area contributed by atoms with Crippen molar-refractivity contribution in [3.8, 4) is 56.0 Å². The summed E-state index contributed by atoms with van der Waals surface area (Å²) in [6.07, 6.45) is 3.74. The van der Waals surface area contributed by atoms with E-state index in [9.17, 15) is 0 Å². The van der Waals surface area contributed by atoms with Crippen molar-refractivity contribution in [3.63, 3.8) is 0 Å². The van der Waals surface area contributed by atoms with Crippen LogP contribution in [-0.4, -0.2) is 14.1 Å². The first-order chi connectivity index (χ1) is 36.2. The molecule has 11 aromatic carbocycles. The molecule has 2 aliphatic rings. The number of para-hydroxylation sites is 4. The summed E-state index contributed by atoms with van der Waals surface area (Å²) in [5, 5.41) is 10.1. The summed E-state index contributed by atoms with van der Waals surface area (Å²) < 4.78 is 4.91. The third kappa shape index (κ3) is 5.79. The predicted octanol–water partition coefficient (Wildman–Crippen LogP) is 17.6. The summed E-state index contributed by atoms with van der Waals surface area (Å²) >= 11 is 0. The molecule has 3 heteroatoms. The minimum atomic E-state index is -0.265. The van der Waals surface area contributed by atoms with Gasteiger partial charge in [0.2, 0.25) is 0 Å². The molecule has 16 rings (SSSR count). The quantitative estimate of drug-likeness (QED) is 0.169. The van der Waals surface area contributed by atoms with Crippen molar-refractivity contribution in [2.75, 3.05) is 0 Å². The first-order valence-corrected chi connectivity index (χ1v) is 25.5. The highest BCUT2D eigenvalue weighted by Gasteiger charge is 2.47. The Morgan fingerprint density at radius 3 is 1.16 bits per heavy atom. The summed E-state index contributed by atoms with van der Waals surface area (Å²) in [5.41, 5.74) is 22.5. The molecule has 0 saturated heterocycles. The lowest BCUT2D eigenvalue weighted by Gasteiger charge is -2.28. The number of aromatic nitrogens is 3. The van der Waals surface area contributed by atoms with Gasteiger partial charge in [-0.25, -0.2) is 0 Å². The predicted molar refractivity (Wildman–Crippen MR) is 304 cm³/mol. The number of benzene rings is 11. The third-order valence-corrected chi connectivity index (χ3v) is 16.6. The van der Waals surface area contributed by atoms with E-state index in [4.69, 9.17) is 4.98 Å². The third-order valence-electron chi connectivity index (χ3n) is 16.6. The lowest BCUT2D eigenvalue weighted by Crippen LogP contribution is -2.26. The van der Waals surface area contributed by atoms with Gasteiger partial charge in [0.25, 0.3) is 0 Å². The zero-order valence-electron chi connectivity index (χ0n) is 39.9. The number of hydrogen-bond donors (Lipinski definition) is 0. The van der Waals surface area contributed by atoms with E-state index >= 15 is 0 Å². The Morgan fingerprint density at radius 1 is 0.301 bits per heavy atom. The molecule has 3 aromatic heterocycles. The summed E-state index contributed by atoms with van der Waals surface area (Å²) in [6.45, 7) is 0. The molecule has 2 aliphatic carbocycles. The summed E-state index contributed by atoms with van der Waals surface area (Å²) in [7, 11) is 0. The second-order valence-electron chi connectivity index (χ2n) is 20.2. The molecule has 340 valence electrons. The molecular formula is C70H45N3. The molecular weight excluding hydrogens is 883 g/mol. The molecule has 1 spiro atoms. The van der Waals surface area contributed by atoms with Gasteiger partial charge in [0.05, 0.1) is 39.1 Å². The monoisotopic (exact) mass is 927 g/mol. The normalized spacial score (nSPS) is 13.5. The van der Waals surface area contributed by atoms with Crippen molar-refractivity contribution >= 4 is 65.2 Å². The molecule has 0 fully saturated rings. The highest BCUT2D eigenvalue weighted by Crippen LogP contribution is 2.57. The van der Waals surface area contributed by atoms with Crippen LogP contribution in [0.25, 0.3) is 121 Å². The van der Waals surface area contributed by atoms with Gasteiger partial charge in [-0.05, 0) is 146 Å². The van der Waals surface area contributed by atoms with Gasteiger partial charge >= 0.3 is 0 Å². The largest absolute Gasteiger partial charge is 0.309 e. The average Bonchev–Trinajstić information content (AvgIpc) is 4.19. The van der Waals surface area contributed by atoms with E-state index in [-0.39, 0.29) is 5.41 Å². The van der Waals surface area contributed by atoms with Crippen LogP contribution in [0, 0.1) is 0 Å². The lowest BCUT2D eigenvalue weighted by molar-refractivity contribution is 0.564. The molecule has 73 heavy (non-hydrogen) atoms. The molecule has 3 nitrogen and oxygen atoms in total. The standard InChI is InChI=1S/C70H45N3/c1-3-17-55-51(15-1)49(34-36-68(55)72-64-24-9-5-19-57(64)58-20-6-10-25-65(58)72)44-30-32-53-54-33-31-45(41-62(54)70(61(53)40-44)42-47-29-28-46(39-48(47)43-70)63-23-13-14-38-71-63)50-35-37-69(56-18-4-2-16-52(50)56)73-66-26-11-7-21-59(66)60-22-8-12-27-67(60)73/h1-41H,42-43H2. The number of fused-ring (bicyclic) bond motifs is 14. The molecule has 0 amide bonds. The fourth-order valence-corrected chi connectivity index (χ4v) is 13.4. The molecule has 14 aromatic rings. The van der Waals surface area contributed by atoms with Gasteiger partial charge in [-0.1, -0.05) is 176 Å². The highest BCUT2D eigenvalue weighted by atomic mass is 15.0. The Labute approximate surface area is 422 Å². The van der Waals surface area contributed by atoms with Crippen LogP contribution in [0.4, 0.5) is 0 Å². The number of pyridine rings is 1. The van der Waals surface area contributed by atoms with Crippen LogP contribution in [0.1, 0.15) is 22.3 Å². The topological polar surface area (TPSA) is 22.8 Å². The van der Waals surface area contributed by atoms with Crippen LogP contribution in [0.5, 0.6) is 0 Å². The summed E-state index contributed by atoms with van der Waals surface area (Å²) in [4.78, 5) is 4.78. The Balaban J connectivity index is 0.871. The first-order valence-electron chi connectivity index (χ1n) is 25.5. The zero-order valence-corrected chi connectivity index (χ0v) is 39.9. The SMILES string of the molecule is c1ccc(-c2ccc3c(c2)CC2(C3)c3cc(-c4ccc(-n5c6ccccc6c6ccccc65)c5ccccc45)ccc3-c3ccc(-c4ccc(-n5c6ccccc6c6ccccc65)c5ccccc45)cc32)nc1. The van der Waals surface area contributed by atoms with E-state index in [0.717, 1.165) is 18.5 Å². The van der Waals surface area contributed by atoms with Crippen LogP contribution >= 0.6 is 0 Å². The smallest absolute Gasteiger partial charge is 0.0702 e. The Morgan fingerprint density at radius 2 is 0.699 bits per heavy atom. The van der Waals surface area contributed by atoms with Crippen LogP contribution < -0.4 is 0 Å². The number of nitrogens with zero attached hydrogens (tertiary/aromatic N) is 3. The van der Waals surface area contributed by atoms with Gasteiger partial charge in [0, 0.05) is 49.5 Å². The van der Waals surface area contributed by atoms with Crippen LogP contribution in [0.15, 0.2) is 249 Å². The van der Waals surface area contributed by atoms with E-state index in [1.165, 1.54) is 138 Å². The van der Waals surface area contributed by atoms with Gasteiger partial charge < -0.3 is 9.13 Å². The van der Waals surface area contributed by atoms with Gasteiger partial charge in [0.15, 0.2) is 0 Å². The van der Waals surface area contributed by atoms with Gasteiger partial charge in [-0.3, -0.25) is 4.98 Å². The molecule has 0 radical (unpaired) electrons. The summed E-state index contributed by atoms with van der Waals surface area (Å²) in [5.74, 6) is 0. The maximum Gasteiger partial charge on any atom is 0.0702 e. The maximum atomic E-state index is 4.78. The van der Waals surface area contributed by atoms with Crippen molar-refractivity contribution in [2.45, 2.75) is 18.3 Å². The molecule has 0 aliphatic heterocycles. The molecule has 0 unspecified atom stereocenters. The zero-order chi connectivity index (χ0) is 47.8. The van der Waals surface area contributed by atoms with Crippen LogP contribution in [-0.2, 0) is 18.3 Å². The van der Waals surface area contributed by atoms with Crippen molar-refractivity contribution < 1.29 is 0 Å². The second-order valence-corrected chi connectivity index (χ2v) is 20.2. The number of rotatable bonds is 5. The summed E-state index contributed by atoms with van der Waals surface area (Å²) in [6, 6.07) is 90.6. The van der Waals surface area contributed by atoms with Crippen LogP contribution in [0.2, 0.25) is 0 Å². The van der Waals surface area contributed by atoms with Crippen molar-refractivity contribution in [1.29, 1.82) is 0 Å². The first kappa shape index (κ1) is 40.4. The van der Waals surface area contributed by atoms with E-state index in [0.29, 0.717) is 0 Å². The van der Waals surface area contributed by atoms with Crippen molar-refractivity contribution in [2.24, 2.45) is 0 Å². The Hall–Kier alpha value is -9.31. The minimum absolute atomic E-state index is 0.265. The van der Waals surface area contributed by atoms with Gasteiger partial charge in [-0.15, -0.1) is 0 Å². The average molecular weight is 928 g/mol. The fraction of sp³-hybridized carbons (Fsp3) is 0.0429. The number of hydrogen-bond acceptors (Lipinski definition) is 1. The maximum absolute atomic E-state index is 4.78.